The third-order valence-electron chi connectivity index (χ3n) is 2.50. The monoisotopic (exact) mass is 262 g/mol. The summed E-state index contributed by atoms with van der Waals surface area (Å²) in [7, 11) is 0. The van der Waals surface area contributed by atoms with Crippen LogP contribution < -0.4 is 5.32 Å². The number of piperidine rings is 1. The molecule has 1 fully saturated rings. The van der Waals surface area contributed by atoms with Crippen LogP contribution in [0.15, 0.2) is 0 Å². The maximum Gasteiger partial charge on any atom is 0.408 e. The van der Waals surface area contributed by atoms with Crippen molar-refractivity contribution < 1.29 is 23.8 Å². The zero-order valence-electron chi connectivity index (χ0n) is 10.8. The van der Waals surface area contributed by atoms with E-state index in [1.807, 2.05) is 0 Å². The van der Waals surface area contributed by atoms with E-state index in [1.54, 1.807) is 20.8 Å². The Labute approximate surface area is 105 Å². The number of rotatable bonds is 1. The van der Waals surface area contributed by atoms with Crippen molar-refractivity contribution in [2.45, 2.75) is 45.0 Å². The molecule has 104 valence electrons. The van der Waals surface area contributed by atoms with E-state index in [1.165, 1.54) is 0 Å². The minimum absolute atomic E-state index is 0.0598. The predicted molar refractivity (Wildman–Crippen MR) is 62.3 cm³/mol. The molecular weight excluding hydrogens is 243 g/mol. The van der Waals surface area contributed by atoms with Crippen LogP contribution in [0, 0.1) is 0 Å². The van der Waals surface area contributed by atoms with Crippen molar-refractivity contribution in [2.24, 2.45) is 0 Å². The minimum Gasteiger partial charge on any atom is -0.465 e. The lowest BCUT2D eigenvalue weighted by molar-refractivity contribution is 0.0393. The van der Waals surface area contributed by atoms with Gasteiger partial charge >= 0.3 is 12.2 Å². The Kier molecular flexibility index (Phi) is 4.37. The number of ether oxygens (including phenoxy) is 1. The Morgan fingerprint density at radius 1 is 1.44 bits per heavy atom. The highest BCUT2D eigenvalue weighted by Gasteiger charge is 2.33. The summed E-state index contributed by atoms with van der Waals surface area (Å²) in [6.45, 7) is 5.18. The average molecular weight is 262 g/mol. The second kappa shape index (κ2) is 5.41. The van der Waals surface area contributed by atoms with E-state index in [0.29, 0.717) is 0 Å². The highest BCUT2D eigenvalue weighted by Crippen LogP contribution is 2.15. The second-order valence-corrected chi connectivity index (χ2v) is 5.29. The number of carbonyl (C=O) groups is 2. The Bertz CT molecular complexity index is 329. The number of alkyl halides is 1. The Hall–Kier alpha value is -1.53. The van der Waals surface area contributed by atoms with Crippen molar-refractivity contribution in [3.8, 4) is 0 Å². The van der Waals surface area contributed by atoms with Crippen molar-refractivity contribution in [1.82, 2.24) is 10.2 Å². The molecule has 0 aromatic carbocycles. The second-order valence-electron chi connectivity index (χ2n) is 5.29. The van der Waals surface area contributed by atoms with E-state index in [9.17, 15) is 14.0 Å². The van der Waals surface area contributed by atoms with Crippen molar-refractivity contribution >= 4 is 12.2 Å². The van der Waals surface area contributed by atoms with E-state index in [0.717, 1.165) is 4.90 Å². The van der Waals surface area contributed by atoms with Crippen molar-refractivity contribution in [3.63, 3.8) is 0 Å². The Balaban J connectivity index is 2.53. The summed E-state index contributed by atoms with van der Waals surface area (Å²) < 4.78 is 18.6. The van der Waals surface area contributed by atoms with Gasteiger partial charge in [-0.05, 0) is 27.2 Å². The number of hydrogen-bond acceptors (Lipinski definition) is 3. The number of nitrogens with zero attached hydrogens (tertiary/aromatic N) is 1. The minimum atomic E-state index is -1.26. The maximum atomic E-state index is 13.6. The van der Waals surface area contributed by atoms with Crippen LogP contribution in [-0.4, -0.2) is 53.1 Å². The summed E-state index contributed by atoms with van der Waals surface area (Å²) in [5.74, 6) is 0. The molecule has 0 bridgehead atoms. The molecule has 1 aliphatic rings. The van der Waals surface area contributed by atoms with Gasteiger partial charge in [-0.2, -0.15) is 0 Å². The topological polar surface area (TPSA) is 78.9 Å². The first-order valence-electron chi connectivity index (χ1n) is 5.80. The van der Waals surface area contributed by atoms with E-state index in [-0.39, 0.29) is 19.5 Å². The summed E-state index contributed by atoms with van der Waals surface area (Å²) in [6, 6.07) is -0.857. The molecule has 1 rings (SSSR count). The largest absolute Gasteiger partial charge is 0.465 e. The Morgan fingerprint density at radius 3 is 2.56 bits per heavy atom. The van der Waals surface area contributed by atoms with Crippen LogP contribution in [0.3, 0.4) is 0 Å². The van der Waals surface area contributed by atoms with Crippen LogP contribution in [0.4, 0.5) is 14.0 Å². The summed E-state index contributed by atoms with van der Waals surface area (Å²) in [5, 5.41) is 11.2. The first kappa shape index (κ1) is 14.5. The Morgan fingerprint density at radius 2 is 2.06 bits per heavy atom. The molecule has 0 aromatic rings. The van der Waals surface area contributed by atoms with Gasteiger partial charge in [0.15, 0.2) is 0 Å². The molecule has 2 N–H and O–H groups in total. The zero-order valence-corrected chi connectivity index (χ0v) is 10.8. The van der Waals surface area contributed by atoms with Crippen molar-refractivity contribution in [1.29, 1.82) is 0 Å². The van der Waals surface area contributed by atoms with Gasteiger partial charge in [0, 0.05) is 13.1 Å². The molecule has 2 amide bonds. The predicted octanol–water partition coefficient (Wildman–Crippen LogP) is 1.60. The molecule has 0 spiro atoms. The number of carboxylic acid groups (broad SMARTS) is 1. The van der Waals surface area contributed by atoms with Gasteiger partial charge in [0.1, 0.15) is 11.8 Å². The van der Waals surface area contributed by atoms with Gasteiger partial charge in [0.2, 0.25) is 0 Å². The number of amides is 2. The van der Waals surface area contributed by atoms with Crippen molar-refractivity contribution in [3.05, 3.63) is 0 Å². The van der Waals surface area contributed by atoms with Crippen LogP contribution in [0.1, 0.15) is 27.2 Å². The number of nitrogens with one attached hydrogen (secondary N) is 1. The standard InChI is InChI=1S/C11H19FN2O4/c1-11(2,3)18-9(15)13-8-6-14(10(16)17)5-4-7(8)12/h7-8H,4-6H2,1-3H3,(H,13,15)(H,16,17)/t7-,8-/m1/s1. The number of halogens is 1. The fourth-order valence-electron chi connectivity index (χ4n) is 1.69. The van der Waals surface area contributed by atoms with Gasteiger partial charge in [0.05, 0.1) is 6.04 Å². The van der Waals surface area contributed by atoms with Crippen LogP contribution in [0.5, 0.6) is 0 Å². The van der Waals surface area contributed by atoms with Crippen LogP contribution in [-0.2, 0) is 4.74 Å². The summed E-state index contributed by atoms with van der Waals surface area (Å²) in [5.41, 5.74) is -0.670. The number of likely N-dealkylation sites (tertiary alicyclic amines) is 1. The highest BCUT2D eigenvalue weighted by atomic mass is 19.1. The lowest BCUT2D eigenvalue weighted by Crippen LogP contribution is -2.55. The normalized spacial score (nSPS) is 24.6. The molecule has 1 heterocycles. The van der Waals surface area contributed by atoms with Crippen LogP contribution in [0.25, 0.3) is 0 Å². The molecule has 7 heteroatoms. The molecule has 1 aliphatic heterocycles. The highest BCUT2D eigenvalue weighted by molar-refractivity contribution is 5.69. The lowest BCUT2D eigenvalue weighted by Gasteiger charge is -2.34. The number of alkyl carbamates (subject to hydrolysis) is 1. The molecule has 1 saturated heterocycles. The number of carbonyl (C=O) groups excluding carboxylic acids is 1. The molecule has 2 atom stereocenters. The molecule has 0 saturated carbocycles. The molecule has 0 aliphatic carbocycles. The van der Waals surface area contributed by atoms with Crippen molar-refractivity contribution in [2.75, 3.05) is 13.1 Å². The van der Waals surface area contributed by atoms with Crippen LogP contribution in [0.2, 0.25) is 0 Å². The van der Waals surface area contributed by atoms with Gasteiger partial charge in [-0.15, -0.1) is 0 Å². The van der Waals surface area contributed by atoms with Gasteiger partial charge in [-0.1, -0.05) is 0 Å². The molecule has 6 nitrogen and oxygen atoms in total. The SMILES string of the molecule is CC(C)(C)OC(=O)N[C@@H]1CN(C(=O)O)CC[C@H]1F. The summed E-state index contributed by atoms with van der Waals surface area (Å²) in [4.78, 5) is 23.3. The van der Waals surface area contributed by atoms with Crippen LogP contribution >= 0.6 is 0 Å². The van der Waals surface area contributed by atoms with E-state index >= 15 is 0 Å². The van der Waals surface area contributed by atoms with E-state index in [4.69, 9.17) is 9.84 Å². The first-order valence-corrected chi connectivity index (χ1v) is 5.80. The van der Waals surface area contributed by atoms with Gasteiger partial charge < -0.3 is 20.1 Å². The van der Waals surface area contributed by atoms with Gasteiger partial charge in [0.25, 0.3) is 0 Å². The van der Waals surface area contributed by atoms with Gasteiger partial charge in [-0.25, -0.2) is 14.0 Å². The fraction of sp³-hybridized carbons (Fsp3) is 0.818. The molecule has 0 radical (unpaired) electrons. The first-order chi connectivity index (χ1) is 8.19. The van der Waals surface area contributed by atoms with Gasteiger partial charge in [-0.3, -0.25) is 0 Å². The molecule has 0 unspecified atom stereocenters. The fourth-order valence-corrected chi connectivity index (χ4v) is 1.69. The molecule has 18 heavy (non-hydrogen) atoms. The quantitative estimate of drug-likeness (QED) is 0.752. The average Bonchev–Trinajstić information content (AvgIpc) is 2.18. The number of hydrogen-bond donors (Lipinski definition) is 2. The lowest BCUT2D eigenvalue weighted by atomic mass is 10.0. The summed E-state index contributed by atoms with van der Waals surface area (Å²) in [6.07, 6.45) is -3.03. The maximum absolute atomic E-state index is 13.6. The molecular formula is C11H19FN2O4. The third kappa shape index (κ3) is 4.38. The third-order valence-corrected chi connectivity index (χ3v) is 2.50. The zero-order chi connectivity index (χ0) is 13.9. The smallest absolute Gasteiger partial charge is 0.408 e. The summed E-state index contributed by atoms with van der Waals surface area (Å²) >= 11 is 0. The molecule has 0 aromatic heterocycles. The van der Waals surface area contributed by atoms with E-state index < -0.39 is 30.0 Å². The van der Waals surface area contributed by atoms with E-state index in [2.05, 4.69) is 5.32 Å².